The highest BCUT2D eigenvalue weighted by Gasteiger charge is 2.34. The highest BCUT2D eigenvalue weighted by atomic mass is 35.5. The highest BCUT2D eigenvalue weighted by Crippen LogP contribution is 2.29. The number of nitrogens with one attached hydrogen (secondary N) is 2. The van der Waals surface area contributed by atoms with Crippen LogP contribution in [0, 0.1) is 12.8 Å². The number of amides is 4. The monoisotopic (exact) mass is 335 g/mol. The maximum atomic E-state index is 12.6. The lowest BCUT2D eigenvalue weighted by molar-refractivity contribution is -0.136. The van der Waals surface area contributed by atoms with Gasteiger partial charge in [0.15, 0.2) is 0 Å². The Bertz CT molecular complexity index is 673. The minimum Gasteiger partial charge on any atom is -0.334 e. The molecule has 4 amide bonds. The molecule has 23 heavy (non-hydrogen) atoms. The molecule has 2 aliphatic rings. The van der Waals surface area contributed by atoms with Gasteiger partial charge in [0.25, 0.3) is 5.91 Å². The second kappa shape index (κ2) is 5.85. The van der Waals surface area contributed by atoms with E-state index in [1.165, 1.54) is 0 Å². The van der Waals surface area contributed by atoms with E-state index in [1.54, 1.807) is 11.8 Å². The molecule has 2 unspecified atom stereocenters. The summed E-state index contributed by atoms with van der Waals surface area (Å²) in [6.45, 7) is 4.81. The second-order valence-corrected chi connectivity index (χ2v) is 6.62. The van der Waals surface area contributed by atoms with E-state index in [0.717, 1.165) is 16.7 Å². The van der Waals surface area contributed by atoms with Crippen molar-refractivity contribution >= 4 is 29.4 Å². The molecule has 1 aromatic rings. The number of rotatable bonds is 3. The first-order chi connectivity index (χ1) is 10.8. The largest absolute Gasteiger partial charge is 0.334 e. The van der Waals surface area contributed by atoms with Crippen LogP contribution in [0.1, 0.15) is 30.0 Å². The van der Waals surface area contributed by atoms with Crippen molar-refractivity contribution in [3.63, 3.8) is 0 Å². The van der Waals surface area contributed by atoms with Crippen molar-refractivity contribution in [3.05, 3.63) is 33.8 Å². The lowest BCUT2D eigenvalue weighted by atomic mass is 10.0. The Hall–Kier alpha value is -2.08. The number of nitrogens with zero attached hydrogens (tertiary/aromatic N) is 1. The molecule has 0 saturated carbocycles. The van der Waals surface area contributed by atoms with Crippen molar-refractivity contribution in [3.8, 4) is 0 Å². The third-order valence-corrected chi connectivity index (χ3v) is 4.79. The van der Waals surface area contributed by atoms with Gasteiger partial charge in [0, 0.05) is 24.0 Å². The quantitative estimate of drug-likeness (QED) is 0.826. The average Bonchev–Trinajstić information content (AvgIpc) is 3.02. The van der Waals surface area contributed by atoms with Gasteiger partial charge in [0.1, 0.15) is 6.04 Å². The number of aryl methyl sites for hydroxylation is 1. The van der Waals surface area contributed by atoms with Gasteiger partial charge in [0.05, 0.1) is 0 Å². The van der Waals surface area contributed by atoms with E-state index in [9.17, 15) is 14.4 Å². The van der Waals surface area contributed by atoms with Gasteiger partial charge in [-0.2, -0.15) is 0 Å². The van der Waals surface area contributed by atoms with E-state index in [0.29, 0.717) is 24.5 Å². The Morgan fingerprint density at radius 1 is 1.35 bits per heavy atom. The fourth-order valence-electron chi connectivity index (χ4n) is 3.09. The zero-order valence-corrected chi connectivity index (χ0v) is 13.7. The molecular formula is C16H18ClN3O3. The number of halogens is 1. The number of hydrogen-bond donors (Lipinski definition) is 2. The van der Waals surface area contributed by atoms with E-state index in [-0.39, 0.29) is 17.7 Å². The first kappa shape index (κ1) is 15.8. The maximum Gasteiger partial charge on any atom is 0.322 e. The summed E-state index contributed by atoms with van der Waals surface area (Å²) >= 11 is 6.14. The predicted octanol–water partition coefficient (Wildman–Crippen LogP) is 1.72. The van der Waals surface area contributed by atoms with Crippen LogP contribution in [0.2, 0.25) is 5.02 Å². The minimum atomic E-state index is -0.636. The molecule has 6 nitrogen and oxygen atoms in total. The van der Waals surface area contributed by atoms with E-state index in [4.69, 9.17) is 11.6 Å². The molecule has 0 aromatic heterocycles. The number of hydrogen-bond acceptors (Lipinski definition) is 3. The SMILES string of the molecule is Cc1cc2c(cc1Cl)CN(C(=O)C(C)CC1NC(=O)NC1=O)C2. The summed E-state index contributed by atoms with van der Waals surface area (Å²) in [6, 6.07) is 2.79. The van der Waals surface area contributed by atoms with Crippen LogP contribution in [-0.2, 0) is 22.7 Å². The van der Waals surface area contributed by atoms with Crippen molar-refractivity contribution in [1.82, 2.24) is 15.5 Å². The van der Waals surface area contributed by atoms with Gasteiger partial charge in [-0.25, -0.2) is 4.79 Å². The number of carbonyl (C=O) groups excluding carboxylic acids is 3. The third kappa shape index (κ3) is 3.03. The molecule has 2 heterocycles. The van der Waals surface area contributed by atoms with Crippen LogP contribution in [0.3, 0.4) is 0 Å². The van der Waals surface area contributed by atoms with Crippen LogP contribution in [0.4, 0.5) is 4.79 Å². The molecule has 0 aliphatic carbocycles. The second-order valence-electron chi connectivity index (χ2n) is 6.22. The normalized spacial score (nSPS) is 21.0. The summed E-state index contributed by atoms with van der Waals surface area (Å²) in [5.74, 6) is -0.749. The summed E-state index contributed by atoms with van der Waals surface area (Å²) in [6.07, 6.45) is 0.295. The fourth-order valence-corrected chi connectivity index (χ4v) is 3.28. The smallest absolute Gasteiger partial charge is 0.322 e. The highest BCUT2D eigenvalue weighted by molar-refractivity contribution is 6.31. The summed E-state index contributed by atoms with van der Waals surface area (Å²) in [4.78, 5) is 37.1. The molecule has 122 valence electrons. The Kier molecular flexibility index (Phi) is 4.02. The molecule has 2 N–H and O–H groups in total. The van der Waals surface area contributed by atoms with Crippen molar-refractivity contribution in [2.75, 3.05) is 0 Å². The lowest BCUT2D eigenvalue weighted by Gasteiger charge is -2.21. The van der Waals surface area contributed by atoms with Crippen LogP contribution < -0.4 is 10.6 Å². The van der Waals surface area contributed by atoms with E-state index >= 15 is 0 Å². The predicted molar refractivity (Wildman–Crippen MR) is 84.7 cm³/mol. The molecule has 1 saturated heterocycles. The summed E-state index contributed by atoms with van der Waals surface area (Å²) in [5.41, 5.74) is 3.17. The van der Waals surface area contributed by atoms with Gasteiger partial charge < -0.3 is 10.2 Å². The number of imide groups is 1. The first-order valence-corrected chi connectivity index (χ1v) is 7.91. The van der Waals surface area contributed by atoms with Crippen molar-refractivity contribution in [2.24, 2.45) is 5.92 Å². The summed E-state index contributed by atoms with van der Waals surface area (Å²) in [5, 5.41) is 5.41. The Labute approximate surface area is 139 Å². The topological polar surface area (TPSA) is 78.5 Å². The Balaban J connectivity index is 1.65. The average molecular weight is 336 g/mol. The fraction of sp³-hybridized carbons (Fsp3) is 0.438. The Morgan fingerprint density at radius 2 is 2.00 bits per heavy atom. The van der Waals surface area contributed by atoms with Crippen molar-refractivity contribution < 1.29 is 14.4 Å². The molecular weight excluding hydrogens is 318 g/mol. The zero-order chi connectivity index (χ0) is 16.7. The van der Waals surface area contributed by atoms with Gasteiger partial charge in [-0.15, -0.1) is 0 Å². The number of urea groups is 1. The van der Waals surface area contributed by atoms with Crippen LogP contribution in [0.15, 0.2) is 12.1 Å². The molecule has 2 aliphatic heterocycles. The van der Waals surface area contributed by atoms with Crippen molar-refractivity contribution in [1.29, 1.82) is 0 Å². The standard InChI is InChI=1S/C16H18ClN3O3/c1-8-3-10-6-20(7-11(10)5-12(8)17)15(22)9(2)4-13-14(21)19-16(23)18-13/h3,5,9,13H,4,6-7H2,1-2H3,(H2,18,19,21,23). The van der Waals surface area contributed by atoms with Crippen molar-refractivity contribution in [2.45, 2.75) is 39.4 Å². The number of benzene rings is 1. The summed E-state index contributed by atoms with van der Waals surface area (Å²) < 4.78 is 0. The summed E-state index contributed by atoms with van der Waals surface area (Å²) in [7, 11) is 0. The molecule has 1 aromatic carbocycles. The maximum absolute atomic E-state index is 12.6. The van der Waals surface area contributed by atoms with Crippen LogP contribution in [-0.4, -0.2) is 28.8 Å². The third-order valence-electron chi connectivity index (χ3n) is 4.38. The number of carbonyl (C=O) groups is 3. The van der Waals surface area contributed by atoms with E-state index in [1.807, 2.05) is 19.1 Å². The zero-order valence-electron chi connectivity index (χ0n) is 13.0. The van der Waals surface area contributed by atoms with Crippen LogP contribution in [0.5, 0.6) is 0 Å². The lowest BCUT2D eigenvalue weighted by Crippen LogP contribution is -2.37. The van der Waals surface area contributed by atoms with Gasteiger partial charge in [-0.3, -0.25) is 14.9 Å². The first-order valence-electron chi connectivity index (χ1n) is 7.53. The van der Waals surface area contributed by atoms with Gasteiger partial charge in [-0.05, 0) is 36.1 Å². The molecule has 0 spiro atoms. The van der Waals surface area contributed by atoms with E-state index in [2.05, 4.69) is 10.6 Å². The van der Waals surface area contributed by atoms with Gasteiger partial charge in [-0.1, -0.05) is 24.6 Å². The van der Waals surface area contributed by atoms with E-state index < -0.39 is 12.1 Å². The molecule has 1 fully saturated rings. The van der Waals surface area contributed by atoms with Crippen LogP contribution >= 0.6 is 11.6 Å². The van der Waals surface area contributed by atoms with Gasteiger partial charge in [0.2, 0.25) is 5.91 Å². The van der Waals surface area contributed by atoms with Gasteiger partial charge >= 0.3 is 6.03 Å². The molecule has 7 heteroatoms. The molecule has 3 rings (SSSR count). The number of fused-ring (bicyclic) bond motifs is 1. The van der Waals surface area contributed by atoms with Crippen LogP contribution in [0.25, 0.3) is 0 Å². The molecule has 0 bridgehead atoms. The Morgan fingerprint density at radius 3 is 2.61 bits per heavy atom. The molecule has 0 radical (unpaired) electrons. The minimum absolute atomic E-state index is 0.0241. The molecule has 2 atom stereocenters.